The zero-order valence-electron chi connectivity index (χ0n) is 9.42. The number of benzene rings is 2. The van der Waals surface area contributed by atoms with Crippen molar-refractivity contribution in [3.8, 4) is 6.07 Å². The first-order valence-electron chi connectivity index (χ1n) is 5.47. The van der Waals surface area contributed by atoms with Gasteiger partial charge in [0.15, 0.2) is 5.13 Å². The molecular formula is C14H9N3S. The average Bonchev–Trinajstić information content (AvgIpc) is 2.86. The second-order valence-corrected chi connectivity index (χ2v) is 4.86. The van der Waals surface area contributed by atoms with Gasteiger partial charge in [-0.1, -0.05) is 41.7 Å². The first-order valence-corrected chi connectivity index (χ1v) is 6.28. The van der Waals surface area contributed by atoms with E-state index in [0.29, 0.717) is 4.88 Å². The van der Waals surface area contributed by atoms with Crippen molar-refractivity contribution in [1.82, 2.24) is 4.98 Å². The van der Waals surface area contributed by atoms with Crippen LogP contribution < -0.4 is 5.32 Å². The van der Waals surface area contributed by atoms with Crippen LogP contribution in [0.3, 0.4) is 0 Å². The van der Waals surface area contributed by atoms with Crippen LogP contribution in [0.25, 0.3) is 10.8 Å². The number of nitrogens with zero attached hydrogens (tertiary/aromatic N) is 2. The maximum atomic E-state index is 8.75. The molecule has 3 nitrogen and oxygen atoms in total. The van der Waals surface area contributed by atoms with Crippen molar-refractivity contribution < 1.29 is 0 Å². The van der Waals surface area contributed by atoms with Crippen LogP contribution in [0.2, 0.25) is 0 Å². The lowest BCUT2D eigenvalue weighted by Gasteiger charge is -2.04. The van der Waals surface area contributed by atoms with E-state index in [4.69, 9.17) is 5.26 Å². The minimum atomic E-state index is 0.610. The molecule has 0 fully saturated rings. The summed E-state index contributed by atoms with van der Waals surface area (Å²) in [6.45, 7) is 0. The van der Waals surface area contributed by atoms with Crippen LogP contribution in [0, 0.1) is 11.3 Å². The zero-order valence-corrected chi connectivity index (χ0v) is 10.2. The van der Waals surface area contributed by atoms with Crippen LogP contribution in [0.4, 0.5) is 10.8 Å². The Morgan fingerprint density at radius 2 is 1.94 bits per heavy atom. The summed E-state index contributed by atoms with van der Waals surface area (Å²) < 4.78 is 0. The molecule has 1 heterocycles. The number of anilines is 2. The molecule has 0 radical (unpaired) electrons. The molecule has 86 valence electrons. The molecule has 1 N–H and O–H groups in total. The molecule has 0 aliphatic rings. The zero-order chi connectivity index (χ0) is 12.4. The molecule has 18 heavy (non-hydrogen) atoms. The van der Waals surface area contributed by atoms with Crippen LogP contribution >= 0.6 is 11.3 Å². The first-order chi connectivity index (χ1) is 8.85. The van der Waals surface area contributed by atoms with Gasteiger partial charge in [0.05, 0.1) is 6.20 Å². The molecule has 0 unspecified atom stereocenters. The average molecular weight is 251 g/mol. The summed E-state index contributed by atoms with van der Waals surface area (Å²) in [6, 6.07) is 16.4. The molecule has 0 aliphatic carbocycles. The second kappa shape index (κ2) is 4.47. The van der Waals surface area contributed by atoms with Crippen LogP contribution in [-0.2, 0) is 0 Å². The van der Waals surface area contributed by atoms with Crippen molar-refractivity contribution in [2.24, 2.45) is 0 Å². The van der Waals surface area contributed by atoms with Crippen molar-refractivity contribution in [3.63, 3.8) is 0 Å². The number of nitrogens with one attached hydrogen (secondary N) is 1. The summed E-state index contributed by atoms with van der Waals surface area (Å²) in [6.07, 6.45) is 1.58. The molecule has 3 rings (SSSR count). The first kappa shape index (κ1) is 10.8. The van der Waals surface area contributed by atoms with E-state index in [-0.39, 0.29) is 0 Å². The Hall–Kier alpha value is -2.38. The van der Waals surface area contributed by atoms with Gasteiger partial charge in [-0.2, -0.15) is 5.26 Å². The highest BCUT2D eigenvalue weighted by Gasteiger charge is 2.02. The Morgan fingerprint density at radius 3 is 2.72 bits per heavy atom. The van der Waals surface area contributed by atoms with Crippen LogP contribution in [0.1, 0.15) is 4.88 Å². The fourth-order valence-corrected chi connectivity index (χ4v) is 2.41. The molecule has 0 saturated carbocycles. The molecule has 2 aromatic carbocycles. The van der Waals surface area contributed by atoms with Crippen LogP contribution in [-0.4, -0.2) is 4.98 Å². The van der Waals surface area contributed by atoms with Crippen molar-refractivity contribution in [1.29, 1.82) is 5.26 Å². The van der Waals surface area contributed by atoms with Crippen molar-refractivity contribution in [2.45, 2.75) is 0 Å². The fraction of sp³-hybridized carbons (Fsp3) is 0. The fourth-order valence-electron chi connectivity index (χ4n) is 1.77. The van der Waals surface area contributed by atoms with Gasteiger partial charge in [0.2, 0.25) is 0 Å². The van der Waals surface area contributed by atoms with Gasteiger partial charge in [0.1, 0.15) is 10.9 Å². The standard InChI is InChI=1S/C14H9N3S/c15-8-13-9-16-14(18-13)17-12-6-5-10-3-1-2-4-11(10)7-12/h1-7,9H,(H,16,17). The Kier molecular flexibility index (Phi) is 2.67. The molecule has 0 bridgehead atoms. The summed E-state index contributed by atoms with van der Waals surface area (Å²) in [5.74, 6) is 0. The summed E-state index contributed by atoms with van der Waals surface area (Å²) >= 11 is 1.35. The van der Waals surface area contributed by atoms with E-state index in [1.54, 1.807) is 6.20 Å². The molecule has 0 amide bonds. The van der Waals surface area contributed by atoms with Gasteiger partial charge in [-0.05, 0) is 22.9 Å². The third-order valence-corrected chi connectivity index (χ3v) is 3.43. The molecule has 1 aromatic heterocycles. The SMILES string of the molecule is N#Cc1cnc(Nc2ccc3ccccc3c2)s1. The molecular weight excluding hydrogens is 242 g/mol. The van der Waals surface area contributed by atoms with E-state index < -0.39 is 0 Å². The molecule has 0 spiro atoms. The van der Waals surface area contributed by atoms with Crippen LogP contribution in [0.15, 0.2) is 48.7 Å². The molecule has 3 aromatic rings. The minimum Gasteiger partial charge on any atom is -0.332 e. The molecule has 4 heteroatoms. The summed E-state index contributed by atoms with van der Waals surface area (Å²) in [5.41, 5.74) is 0.979. The third kappa shape index (κ3) is 2.04. The topological polar surface area (TPSA) is 48.7 Å². The highest BCUT2D eigenvalue weighted by molar-refractivity contribution is 7.16. The van der Waals surface area contributed by atoms with Gasteiger partial charge in [-0.15, -0.1) is 0 Å². The van der Waals surface area contributed by atoms with Crippen molar-refractivity contribution in [2.75, 3.05) is 5.32 Å². The number of hydrogen-bond donors (Lipinski definition) is 1. The Morgan fingerprint density at radius 1 is 1.11 bits per heavy atom. The summed E-state index contributed by atoms with van der Waals surface area (Å²) in [7, 11) is 0. The van der Waals surface area contributed by atoms with Gasteiger partial charge < -0.3 is 5.32 Å². The van der Waals surface area contributed by atoms with Gasteiger partial charge in [0, 0.05) is 5.69 Å². The van der Waals surface area contributed by atoms with Gasteiger partial charge >= 0.3 is 0 Å². The maximum absolute atomic E-state index is 8.75. The maximum Gasteiger partial charge on any atom is 0.188 e. The van der Waals surface area contributed by atoms with Crippen molar-refractivity contribution >= 4 is 32.9 Å². The Balaban J connectivity index is 1.93. The normalized spacial score (nSPS) is 10.2. The van der Waals surface area contributed by atoms with E-state index in [9.17, 15) is 0 Å². The summed E-state index contributed by atoms with van der Waals surface area (Å²) in [5, 5.41) is 15.1. The lowest BCUT2D eigenvalue weighted by Crippen LogP contribution is -1.88. The van der Waals surface area contributed by atoms with E-state index >= 15 is 0 Å². The van der Waals surface area contributed by atoms with Gasteiger partial charge in [0.25, 0.3) is 0 Å². The Labute approximate surface area is 108 Å². The molecule has 0 aliphatic heterocycles. The van der Waals surface area contributed by atoms with Crippen molar-refractivity contribution in [3.05, 3.63) is 53.5 Å². The van der Waals surface area contributed by atoms with Gasteiger partial charge in [-0.3, -0.25) is 0 Å². The minimum absolute atomic E-state index is 0.610. The van der Waals surface area contributed by atoms with E-state index in [1.165, 1.54) is 22.1 Å². The lowest BCUT2D eigenvalue weighted by atomic mass is 10.1. The van der Waals surface area contributed by atoms with E-state index in [0.717, 1.165) is 10.8 Å². The number of fused-ring (bicyclic) bond motifs is 1. The predicted molar refractivity (Wildman–Crippen MR) is 74.1 cm³/mol. The van der Waals surface area contributed by atoms with Crippen LogP contribution in [0.5, 0.6) is 0 Å². The highest BCUT2D eigenvalue weighted by Crippen LogP contribution is 2.24. The largest absolute Gasteiger partial charge is 0.332 e. The monoisotopic (exact) mass is 251 g/mol. The lowest BCUT2D eigenvalue weighted by molar-refractivity contribution is 1.38. The number of rotatable bonds is 2. The molecule has 0 atom stereocenters. The molecule has 0 saturated heterocycles. The number of hydrogen-bond acceptors (Lipinski definition) is 4. The van der Waals surface area contributed by atoms with E-state index in [1.807, 2.05) is 18.2 Å². The quantitative estimate of drug-likeness (QED) is 0.751. The number of nitriles is 1. The van der Waals surface area contributed by atoms with E-state index in [2.05, 4.69) is 40.6 Å². The predicted octanol–water partition coefficient (Wildman–Crippen LogP) is 3.91. The number of aromatic nitrogens is 1. The second-order valence-electron chi connectivity index (χ2n) is 3.83. The number of thiazole rings is 1. The van der Waals surface area contributed by atoms with Gasteiger partial charge in [-0.25, -0.2) is 4.98 Å². The third-order valence-electron chi connectivity index (χ3n) is 2.62. The highest BCUT2D eigenvalue weighted by atomic mass is 32.1. The summed E-state index contributed by atoms with van der Waals surface area (Å²) in [4.78, 5) is 4.76. The smallest absolute Gasteiger partial charge is 0.188 e. The Bertz CT molecular complexity index is 740.